The predicted octanol–water partition coefficient (Wildman–Crippen LogP) is 3.70. The van der Waals surface area contributed by atoms with Crippen LogP contribution in [0.3, 0.4) is 0 Å². The van der Waals surface area contributed by atoms with Gasteiger partial charge in [-0.05, 0) is 36.5 Å². The first kappa shape index (κ1) is 16.4. The Morgan fingerprint density at radius 1 is 1.17 bits per heavy atom. The molecule has 1 aliphatic carbocycles. The van der Waals surface area contributed by atoms with E-state index in [0.717, 1.165) is 6.42 Å². The maximum atomic E-state index is 12.4. The number of esters is 1. The number of hydrogen-bond donors (Lipinski definition) is 1. The maximum absolute atomic E-state index is 12.4. The van der Waals surface area contributed by atoms with E-state index < -0.39 is 4.93 Å². The van der Waals surface area contributed by atoms with Crippen LogP contribution in [0.15, 0.2) is 24.3 Å². The van der Waals surface area contributed by atoms with Crippen molar-refractivity contribution in [3.8, 4) is 0 Å². The zero-order valence-corrected chi connectivity index (χ0v) is 14.7. The Hall–Kier alpha value is -1.04. The van der Waals surface area contributed by atoms with Crippen LogP contribution >= 0.6 is 12.6 Å². The topological polar surface area (TPSA) is 44.8 Å². The Balaban J connectivity index is 1.39. The van der Waals surface area contributed by atoms with Gasteiger partial charge in [-0.1, -0.05) is 31.4 Å². The minimum atomic E-state index is -0.601. The van der Waals surface area contributed by atoms with Gasteiger partial charge in [-0.3, -0.25) is 0 Å². The quantitative estimate of drug-likeness (QED) is 0.668. The summed E-state index contributed by atoms with van der Waals surface area (Å²) < 4.78 is 16.9. The smallest absolute Gasteiger partial charge is 0.338 e. The Morgan fingerprint density at radius 3 is 2.67 bits per heavy atom. The van der Waals surface area contributed by atoms with E-state index in [2.05, 4.69) is 24.8 Å². The molecule has 130 valence electrons. The average molecular weight is 348 g/mol. The fourth-order valence-electron chi connectivity index (χ4n) is 4.10. The van der Waals surface area contributed by atoms with E-state index in [9.17, 15) is 4.79 Å². The molecule has 2 aliphatic heterocycles. The van der Waals surface area contributed by atoms with Gasteiger partial charge in [-0.15, -0.1) is 12.6 Å². The highest BCUT2D eigenvalue weighted by Crippen LogP contribution is 2.41. The predicted molar refractivity (Wildman–Crippen MR) is 93.5 cm³/mol. The largest absolute Gasteiger partial charge is 0.453 e. The summed E-state index contributed by atoms with van der Waals surface area (Å²) in [5.41, 5.74) is 1.92. The second-order valence-corrected chi connectivity index (χ2v) is 7.85. The van der Waals surface area contributed by atoms with Crippen LogP contribution in [0.2, 0.25) is 0 Å². The zero-order valence-electron chi connectivity index (χ0n) is 13.8. The van der Waals surface area contributed by atoms with Gasteiger partial charge < -0.3 is 14.2 Å². The fraction of sp³-hybridized carbons (Fsp3) is 0.632. The summed E-state index contributed by atoms with van der Waals surface area (Å²) in [6.07, 6.45) is 6.55. The van der Waals surface area contributed by atoms with Crippen LogP contribution < -0.4 is 0 Å². The molecule has 4 nitrogen and oxygen atoms in total. The highest BCUT2D eigenvalue weighted by Gasteiger charge is 2.53. The van der Waals surface area contributed by atoms with Gasteiger partial charge in [0.2, 0.25) is 0 Å². The van der Waals surface area contributed by atoms with Crippen LogP contribution in [0, 0.1) is 0 Å². The molecule has 1 aromatic carbocycles. The molecule has 0 N–H and O–H groups in total. The molecule has 1 unspecified atom stereocenters. The summed E-state index contributed by atoms with van der Waals surface area (Å²) in [5.74, 6) is 0.329. The zero-order chi connectivity index (χ0) is 16.6. The molecule has 24 heavy (non-hydrogen) atoms. The fourth-order valence-corrected chi connectivity index (χ4v) is 4.51. The lowest BCUT2D eigenvalue weighted by Crippen LogP contribution is -2.36. The third-order valence-corrected chi connectivity index (χ3v) is 6.13. The molecule has 3 atom stereocenters. The van der Waals surface area contributed by atoms with Crippen LogP contribution in [-0.4, -0.2) is 36.3 Å². The molecule has 0 aromatic heterocycles. The van der Waals surface area contributed by atoms with E-state index in [0.29, 0.717) is 24.7 Å². The van der Waals surface area contributed by atoms with Gasteiger partial charge in [-0.25, -0.2) is 4.79 Å². The summed E-state index contributed by atoms with van der Waals surface area (Å²) in [6.45, 7) is 0.943. The number of benzene rings is 1. The monoisotopic (exact) mass is 348 g/mol. The average Bonchev–Trinajstić information content (AvgIpc) is 3.14. The van der Waals surface area contributed by atoms with Crippen molar-refractivity contribution in [2.45, 2.75) is 61.6 Å². The summed E-state index contributed by atoms with van der Waals surface area (Å²) >= 11 is 4.54. The summed E-state index contributed by atoms with van der Waals surface area (Å²) in [5, 5.41) is 0. The molecule has 2 saturated heterocycles. The number of thiol groups is 1. The van der Waals surface area contributed by atoms with E-state index in [1.54, 1.807) is 0 Å². The second kappa shape index (κ2) is 6.70. The maximum Gasteiger partial charge on any atom is 0.338 e. The van der Waals surface area contributed by atoms with Gasteiger partial charge in [-0.2, -0.15) is 0 Å². The van der Waals surface area contributed by atoms with Crippen molar-refractivity contribution in [1.29, 1.82) is 0 Å². The second-order valence-electron chi connectivity index (χ2n) is 7.10. The Labute approximate surface area is 148 Å². The van der Waals surface area contributed by atoms with Crippen molar-refractivity contribution in [2.75, 3.05) is 13.2 Å². The van der Waals surface area contributed by atoms with Gasteiger partial charge in [0.05, 0.1) is 18.8 Å². The minimum absolute atomic E-state index is 0.272. The first-order valence-corrected chi connectivity index (χ1v) is 9.39. The molecule has 0 radical (unpaired) electrons. The molecular weight excluding hydrogens is 324 g/mol. The first-order valence-electron chi connectivity index (χ1n) is 8.95. The number of carbonyl (C=O) groups is 1. The molecule has 0 amide bonds. The van der Waals surface area contributed by atoms with Crippen molar-refractivity contribution in [3.05, 3.63) is 35.4 Å². The van der Waals surface area contributed by atoms with Crippen LogP contribution in [-0.2, 0) is 14.2 Å². The molecule has 1 aromatic rings. The highest BCUT2D eigenvalue weighted by molar-refractivity contribution is 7.81. The van der Waals surface area contributed by atoms with Crippen molar-refractivity contribution < 1.29 is 19.0 Å². The Kier molecular flexibility index (Phi) is 4.58. The Morgan fingerprint density at radius 2 is 1.92 bits per heavy atom. The number of carbonyl (C=O) groups excluding carboxylic acids is 1. The lowest BCUT2D eigenvalue weighted by Gasteiger charge is -2.22. The van der Waals surface area contributed by atoms with E-state index in [-0.39, 0.29) is 18.2 Å². The van der Waals surface area contributed by atoms with Gasteiger partial charge >= 0.3 is 5.97 Å². The SMILES string of the molecule is O=C(OC1CO[C@]2(S)CCO[C@H]12)c1ccc(C2CCCCC2)cc1. The highest BCUT2D eigenvalue weighted by atomic mass is 32.1. The van der Waals surface area contributed by atoms with Gasteiger partial charge in [0.15, 0.2) is 6.10 Å². The van der Waals surface area contributed by atoms with E-state index in [1.807, 2.05) is 12.1 Å². The summed E-state index contributed by atoms with van der Waals surface area (Å²) in [4.78, 5) is 11.8. The number of hydrogen-bond acceptors (Lipinski definition) is 5. The van der Waals surface area contributed by atoms with Crippen LogP contribution in [0.1, 0.15) is 60.4 Å². The van der Waals surface area contributed by atoms with Crippen LogP contribution in [0.5, 0.6) is 0 Å². The third kappa shape index (κ3) is 3.09. The molecule has 3 fully saturated rings. The van der Waals surface area contributed by atoms with Gasteiger partial charge in [0.1, 0.15) is 11.0 Å². The Bertz CT molecular complexity index is 596. The van der Waals surface area contributed by atoms with Crippen LogP contribution in [0.25, 0.3) is 0 Å². The molecule has 2 heterocycles. The molecule has 0 bridgehead atoms. The van der Waals surface area contributed by atoms with Crippen molar-refractivity contribution in [3.63, 3.8) is 0 Å². The van der Waals surface area contributed by atoms with Gasteiger partial charge in [0.25, 0.3) is 0 Å². The normalized spacial score (nSPS) is 33.4. The van der Waals surface area contributed by atoms with Crippen molar-refractivity contribution in [1.82, 2.24) is 0 Å². The first-order chi connectivity index (χ1) is 11.7. The lowest BCUT2D eigenvalue weighted by molar-refractivity contribution is -0.0158. The summed E-state index contributed by atoms with van der Waals surface area (Å²) in [6, 6.07) is 7.91. The van der Waals surface area contributed by atoms with Gasteiger partial charge in [0, 0.05) is 6.42 Å². The molecule has 0 spiro atoms. The third-order valence-electron chi connectivity index (χ3n) is 5.52. The molecular formula is C19H24O4S. The van der Waals surface area contributed by atoms with E-state index in [4.69, 9.17) is 14.2 Å². The molecule has 3 aliphatic rings. The van der Waals surface area contributed by atoms with E-state index >= 15 is 0 Å². The van der Waals surface area contributed by atoms with Crippen molar-refractivity contribution in [2.24, 2.45) is 0 Å². The number of ether oxygens (including phenoxy) is 3. The van der Waals surface area contributed by atoms with E-state index in [1.165, 1.54) is 37.7 Å². The molecule has 5 heteroatoms. The molecule has 1 saturated carbocycles. The standard InChI is InChI=1S/C19H24O4S/c20-18(23-16-12-22-19(24)10-11-21-17(16)19)15-8-6-14(7-9-15)13-4-2-1-3-5-13/h6-9,13,16-17,24H,1-5,10-12H2/t16?,17-,19+/m1/s1. The lowest BCUT2D eigenvalue weighted by atomic mass is 9.84. The minimum Gasteiger partial charge on any atom is -0.453 e. The number of fused-ring (bicyclic) bond motifs is 1. The summed E-state index contributed by atoms with van der Waals surface area (Å²) in [7, 11) is 0. The van der Waals surface area contributed by atoms with Crippen molar-refractivity contribution >= 4 is 18.6 Å². The number of rotatable bonds is 3. The van der Waals surface area contributed by atoms with Crippen LogP contribution in [0.4, 0.5) is 0 Å². The molecule has 4 rings (SSSR count).